The number of pyridine rings is 1. The zero-order valence-electron chi connectivity index (χ0n) is 17.3. The Morgan fingerprint density at radius 3 is 2.14 bits per heavy atom. The first kappa shape index (κ1) is 19.4. The van der Waals surface area contributed by atoms with E-state index in [9.17, 15) is 0 Å². The summed E-state index contributed by atoms with van der Waals surface area (Å²) in [5.74, 6) is 3.70. The number of aryl methyl sites for hydroxylation is 1. The highest BCUT2D eigenvalue weighted by molar-refractivity contribution is 7.09. The molecule has 0 aromatic carbocycles. The van der Waals surface area contributed by atoms with Crippen LogP contribution >= 0.6 is 11.5 Å². The Labute approximate surface area is 172 Å². The van der Waals surface area contributed by atoms with E-state index >= 15 is 0 Å². The van der Waals surface area contributed by atoms with E-state index in [1.807, 2.05) is 25.2 Å². The first-order valence-corrected chi connectivity index (χ1v) is 11.4. The number of anilines is 3. The molecule has 28 heavy (non-hydrogen) atoms. The summed E-state index contributed by atoms with van der Waals surface area (Å²) < 4.78 is 4.45. The molecule has 4 rings (SSSR count). The van der Waals surface area contributed by atoms with E-state index in [4.69, 9.17) is 0 Å². The normalized spacial score (nSPS) is 19.2. The SMILES string of the molecule is CCc1ccc(N2CCC(C3CCN(c4nc(N(C)C)ns4)CC3)CC2)nc1. The molecular formula is C21H32N6S. The number of rotatable bonds is 5. The highest BCUT2D eigenvalue weighted by atomic mass is 32.1. The molecule has 7 heteroatoms. The minimum Gasteiger partial charge on any atom is -0.357 e. The predicted octanol–water partition coefficient (Wildman–Crippen LogP) is 3.69. The van der Waals surface area contributed by atoms with Gasteiger partial charge in [-0.15, -0.1) is 0 Å². The van der Waals surface area contributed by atoms with Gasteiger partial charge in [-0.2, -0.15) is 9.36 Å². The van der Waals surface area contributed by atoms with Crippen LogP contribution in [0.3, 0.4) is 0 Å². The molecule has 2 aromatic heterocycles. The molecule has 2 saturated heterocycles. The molecule has 0 atom stereocenters. The van der Waals surface area contributed by atoms with Crippen molar-refractivity contribution in [2.75, 3.05) is 55.0 Å². The minimum atomic E-state index is 0.829. The maximum absolute atomic E-state index is 4.67. The lowest BCUT2D eigenvalue weighted by molar-refractivity contribution is 0.233. The van der Waals surface area contributed by atoms with Crippen molar-refractivity contribution >= 4 is 28.4 Å². The lowest BCUT2D eigenvalue weighted by atomic mass is 9.79. The molecule has 2 aliphatic heterocycles. The summed E-state index contributed by atoms with van der Waals surface area (Å²) in [4.78, 5) is 16.2. The third-order valence-corrected chi connectivity index (χ3v) is 7.13. The molecule has 4 heterocycles. The number of nitrogens with zero attached hydrogens (tertiary/aromatic N) is 6. The van der Waals surface area contributed by atoms with Crippen molar-refractivity contribution in [2.24, 2.45) is 11.8 Å². The van der Waals surface area contributed by atoms with Gasteiger partial charge in [0.1, 0.15) is 5.82 Å². The van der Waals surface area contributed by atoms with Gasteiger partial charge < -0.3 is 14.7 Å². The highest BCUT2D eigenvalue weighted by Crippen LogP contribution is 2.35. The second-order valence-electron chi connectivity index (χ2n) is 8.30. The molecule has 0 bridgehead atoms. The smallest absolute Gasteiger partial charge is 0.238 e. The van der Waals surface area contributed by atoms with E-state index in [2.05, 4.69) is 43.2 Å². The van der Waals surface area contributed by atoms with Crippen LogP contribution in [-0.2, 0) is 6.42 Å². The quantitative estimate of drug-likeness (QED) is 0.763. The van der Waals surface area contributed by atoms with Gasteiger partial charge in [0.15, 0.2) is 0 Å². The summed E-state index contributed by atoms with van der Waals surface area (Å²) in [6, 6.07) is 4.42. The van der Waals surface area contributed by atoms with Crippen LogP contribution in [-0.4, -0.2) is 54.6 Å². The van der Waals surface area contributed by atoms with Gasteiger partial charge in [0.05, 0.1) is 0 Å². The molecular weight excluding hydrogens is 368 g/mol. The summed E-state index contributed by atoms with van der Waals surface area (Å²) in [6.45, 7) is 6.71. The van der Waals surface area contributed by atoms with Gasteiger partial charge in [-0.05, 0) is 55.6 Å². The monoisotopic (exact) mass is 400 g/mol. The Bertz CT molecular complexity index is 743. The molecule has 2 aromatic rings. The number of hydrogen-bond donors (Lipinski definition) is 0. The molecule has 0 N–H and O–H groups in total. The van der Waals surface area contributed by atoms with E-state index in [-0.39, 0.29) is 0 Å². The fourth-order valence-electron chi connectivity index (χ4n) is 4.49. The molecule has 2 fully saturated rings. The number of hydrogen-bond acceptors (Lipinski definition) is 7. The summed E-state index contributed by atoms with van der Waals surface area (Å²) in [5.41, 5.74) is 1.32. The fraction of sp³-hybridized carbons (Fsp3) is 0.667. The third-order valence-electron chi connectivity index (χ3n) is 6.36. The van der Waals surface area contributed by atoms with Crippen LogP contribution in [0, 0.1) is 11.8 Å². The van der Waals surface area contributed by atoms with Crippen LogP contribution in [0.2, 0.25) is 0 Å². The highest BCUT2D eigenvalue weighted by Gasteiger charge is 2.30. The minimum absolute atomic E-state index is 0.829. The Balaban J connectivity index is 1.26. The first-order valence-electron chi connectivity index (χ1n) is 10.6. The van der Waals surface area contributed by atoms with Crippen LogP contribution in [0.15, 0.2) is 18.3 Å². The zero-order chi connectivity index (χ0) is 19.5. The molecule has 0 aliphatic carbocycles. The van der Waals surface area contributed by atoms with Crippen molar-refractivity contribution in [3.63, 3.8) is 0 Å². The van der Waals surface area contributed by atoms with Crippen molar-refractivity contribution in [3.05, 3.63) is 23.9 Å². The van der Waals surface area contributed by atoms with Crippen molar-refractivity contribution in [2.45, 2.75) is 39.0 Å². The summed E-state index contributed by atoms with van der Waals surface area (Å²) >= 11 is 1.53. The predicted molar refractivity (Wildman–Crippen MR) is 118 cm³/mol. The topological polar surface area (TPSA) is 48.4 Å². The maximum Gasteiger partial charge on any atom is 0.238 e. The van der Waals surface area contributed by atoms with Gasteiger partial charge in [-0.3, -0.25) is 0 Å². The van der Waals surface area contributed by atoms with E-state index in [1.54, 1.807) is 0 Å². The standard InChI is InChI=1S/C21H32N6S/c1-4-16-5-6-19(22-15-16)26-11-7-17(8-12-26)18-9-13-27(14-10-18)21-23-20(24-28-21)25(2)3/h5-6,15,17-18H,4,7-14H2,1-3H3. The second-order valence-corrected chi connectivity index (χ2v) is 9.03. The first-order chi connectivity index (χ1) is 13.6. The van der Waals surface area contributed by atoms with Crippen molar-refractivity contribution in [1.82, 2.24) is 14.3 Å². The molecule has 0 radical (unpaired) electrons. The Hall–Kier alpha value is -1.89. The van der Waals surface area contributed by atoms with Crippen LogP contribution in [0.25, 0.3) is 0 Å². The molecule has 6 nitrogen and oxygen atoms in total. The van der Waals surface area contributed by atoms with Crippen LogP contribution in [0.5, 0.6) is 0 Å². The molecule has 2 aliphatic rings. The van der Waals surface area contributed by atoms with Crippen LogP contribution in [0.1, 0.15) is 38.2 Å². The van der Waals surface area contributed by atoms with E-state index in [1.165, 1.54) is 42.8 Å². The van der Waals surface area contributed by atoms with Crippen molar-refractivity contribution in [3.8, 4) is 0 Å². The van der Waals surface area contributed by atoms with Crippen LogP contribution in [0.4, 0.5) is 16.9 Å². The third kappa shape index (κ3) is 4.24. The molecule has 0 unspecified atom stereocenters. The average molecular weight is 401 g/mol. The Kier molecular flexibility index (Phi) is 5.99. The number of aromatic nitrogens is 3. The van der Waals surface area contributed by atoms with E-state index in [0.717, 1.165) is 61.3 Å². The van der Waals surface area contributed by atoms with Crippen LogP contribution < -0.4 is 14.7 Å². The van der Waals surface area contributed by atoms with Gasteiger partial charge >= 0.3 is 0 Å². The summed E-state index contributed by atoms with van der Waals surface area (Å²) in [6.07, 6.45) is 8.25. The second kappa shape index (κ2) is 8.64. The molecule has 0 saturated carbocycles. The average Bonchev–Trinajstić information content (AvgIpc) is 3.25. The van der Waals surface area contributed by atoms with Crippen molar-refractivity contribution < 1.29 is 0 Å². The van der Waals surface area contributed by atoms with Crippen molar-refractivity contribution in [1.29, 1.82) is 0 Å². The van der Waals surface area contributed by atoms with Gasteiger partial charge in [-0.1, -0.05) is 13.0 Å². The summed E-state index contributed by atoms with van der Waals surface area (Å²) in [5, 5.41) is 1.08. The number of piperidine rings is 2. The van der Waals surface area contributed by atoms with Gasteiger partial charge in [0.2, 0.25) is 11.1 Å². The zero-order valence-corrected chi connectivity index (χ0v) is 18.2. The van der Waals surface area contributed by atoms with Gasteiger partial charge in [0, 0.05) is 58.0 Å². The Morgan fingerprint density at radius 2 is 1.64 bits per heavy atom. The molecule has 0 spiro atoms. The lowest BCUT2D eigenvalue weighted by Gasteiger charge is -2.40. The van der Waals surface area contributed by atoms with Gasteiger partial charge in [-0.25, -0.2) is 4.98 Å². The fourth-order valence-corrected chi connectivity index (χ4v) is 5.28. The lowest BCUT2D eigenvalue weighted by Crippen LogP contribution is -2.41. The Morgan fingerprint density at radius 1 is 1.00 bits per heavy atom. The summed E-state index contributed by atoms with van der Waals surface area (Å²) in [7, 11) is 4.00. The largest absolute Gasteiger partial charge is 0.357 e. The molecule has 0 amide bonds. The van der Waals surface area contributed by atoms with E-state index in [0.29, 0.717) is 0 Å². The molecule has 152 valence electrons. The van der Waals surface area contributed by atoms with E-state index < -0.39 is 0 Å². The van der Waals surface area contributed by atoms with Gasteiger partial charge in [0.25, 0.3) is 0 Å². The maximum atomic E-state index is 4.67.